The smallest absolute Gasteiger partial charge is 0.0232 e. The van der Waals surface area contributed by atoms with Crippen LogP contribution in [0.15, 0.2) is 60.0 Å². The standard InChI is InChI=1S/C16H15IS/c1-12(2)14-5-3-13(4-6-14)11-18-16-9-7-15(17)8-10-16/h3-10H,1,11H2,2H3. The van der Waals surface area contributed by atoms with Crippen LogP contribution < -0.4 is 0 Å². The average molecular weight is 366 g/mol. The fourth-order valence-electron chi connectivity index (χ4n) is 1.58. The molecule has 0 saturated carbocycles. The van der Waals surface area contributed by atoms with Gasteiger partial charge >= 0.3 is 0 Å². The van der Waals surface area contributed by atoms with Gasteiger partial charge in [0.05, 0.1) is 0 Å². The highest BCUT2D eigenvalue weighted by Crippen LogP contribution is 2.24. The quantitative estimate of drug-likeness (QED) is 0.500. The largest absolute Gasteiger partial charge is 0.121 e. The van der Waals surface area contributed by atoms with Crippen LogP contribution in [-0.4, -0.2) is 0 Å². The van der Waals surface area contributed by atoms with E-state index in [1.54, 1.807) is 0 Å². The van der Waals surface area contributed by atoms with Gasteiger partial charge in [0.25, 0.3) is 0 Å². The third kappa shape index (κ3) is 3.89. The van der Waals surface area contributed by atoms with E-state index in [0.717, 1.165) is 11.3 Å². The van der Waals surface area contributed by atoms with Crippen molar-refractivity contribution in [3.05, 3.63) is 69.8 Å². The van der Waals surface area contributed by atoms with Crippen molar-refractivity contribution in [3.8, 4) is 0 Å². The van der Waals surface area contributed by atoms with Crippen LogP contribution in [0.25, 0.3) is 5.57 Å². The maximum Gasteiger partial charge on any atom is 0.0232 e. The lowest BCUT2D eigenvalue weighted by Gasteiger charge is -2.04. The normalized spacial score (nSPS) is 10.3. The zero-order chi connectivity index (χ0) is 13.0. The summed E-state index contributed by atoms with van der Waals surface area (Å²) in [5.41, 5.74) is 3.69. The van der Waals surface area contributed by atoms with Crippen molar-refractivity contribution < 1.29 is 0 Å². The molecule has 92 valence electrons. The minimum absolute atomic E-state index is 1.01. The Morgan fingerprint density at radius 2 is 1.67 bits per heavy atom. The lowest BCUT2D eigenvalue weighted by molar-refractivity contribution is 1.37. The second-order valence-corrected chi connectivity index (χ2v) is 6.51. The molecule has 0 amide bonds. The average Bonchev–Trinajstić information content (AvgIpc) is 2.38. The molecule has 18 heavy (non-hydrogen) atoms. The molecule has 2 heteroatoms. The fourth-order valence-corrected chi connectivity index (χ4v) is 2.80. The summed E-state index contributed by atoms with van der Waals surface area (Å²) < 4.78 is 1.28. The van der Waals surface area contributed by atoms with Gasteiger partial charge in [0.2, 0.25) is 0 Å². The number of hydrogen-bond donors (Lipinski definition) is 0. The van der Waals surface area contributed by atoms with E-state index in [1.807, 2.05) is 18.7 Å². The van der Waals surface area contributed by atoms with E-state index < -0.39 is 0 Å². The van der Waals surface area contributed by atoms with E-state index in [4.69, 9.17) is 0 Å². The SMILES string of the molecule is C=C(C)c1ccc(CSc2ccc(I)cc2)cc1. The van der Waals surface area contributed by atoms with Crippen molar-refractivity contribution in [2.75, 3.05) is 0 Å². The number of halogens is 1. The van der Waals surface area contributed by atoms with Gasteiger partial charge in [-0.15, -0.1) is 11.8 Å². The van der Waals surface area contributed by atoms with E-state index >= 15 is 0 Å². The lowest BCUT2D eigenvalue weighted by Crippen LogP contribution is -1.83. The Labute approximate surface area is 127 Å². The Bertz CT molecular complexity index is 526. The van der Waals surface area contributed by atoms with Gasteiger partial charge in [0, 0.05) is 14.2 Å². The minimum Gasteiger partial charge on any atom is -0.121 e. The van der Waals surface area contributed by atoms with Crippen LogP contribution in [0.2, 0.25) is 0 Å². The van der Waals surface area contributed by atoms with E-state index in [1.165, 1.54) is 19.6 Å². The second kappa shape index (κ2) is 6.43. The van der Waals surface area contributed by atoms with Crippen molar-refractivity contribution in [2.45, 2.75) is 17.6 Å². The van der Waals surface area contributed by atoms with Gasteiger partial charge in [0.1, 0.15) is 0 Å². The van der Waals surface area contributed by atoms with Crippen LogP contribution in [0, 0.1) is 3.57 Å². The molecule has 0 saturated heterocycles. The molecule has 0 unspecified atom stereocenters. The minimum atomic E-state index is 1.01. The van der Waals surface area contributed by atoms with Crippen LogP contribution in [0.3, 0.4) is 0 Å². The molecule has 0 atom stereocenters. The van der Waals surface area contributed by atoms with E-state index in [2.05, 4.69) is 77.7 Å². The summed E-state index contributed by atoms with van der Waals surface area (Å²) in [4.78, 5) is 1.32. The first-order chi connectivity index (χ1) is 8.65. The Hall–Kier alpha value is -0.740. The van der Waals surface area contributed by atoms with Crippen molar-refractivity contribution in [2.24, 2.45) is 0 Å². The van der Waals surface area contributed by atoms with E-state index in [9.17, 15) is 0 Å². The van der Waals surface area contributed by atoms with Gasteiger partial charge in [-0.25, -0.2) is 0 Å². The molecule has 0 aliphatic rings. The van der Waals surface area contributed by atoms with Gasteiger partial charge in [-0.05, 0) is 64.9 Å². The maximum absolute atomic E-state index is 3.95. The summed E-state index contributed by atoms with van der Waals surface area (Å²) >= 11 is 4.20. The molecule has 0 nitrogen and oxygen atoms in total. The summed E-state index contributed by atoms with van der Waals surface area (Å²) in [7, 11) is 0. The summed E-state index contributed by atoms with van der Waals surface area (Å²) in [6.45, 7) is 5.99. The monoisotopic (exact) mass is 366 g/mol. The molecule has 2 aromatic rings. The molecule has 0 N–H and O–H groups in total. The maximum atomic E-state index is 3.95. The summed E-state index contributed by atoms with van der Waals surface area (Å²) in [5.74, 6) is 1.01. The highest BCUT2D eigenvalue weighted by atomic mass is 127. The summed E-state index contributed by atoms with van der Waals surface area (Å²) in [6.07, 6.45) is 0. The second-order valence-electron chi connectivity index (χ2n) is 4.22. The Balaban J connectivity index is 1.97. The van der Waals surface area contributed by atoms with Crippen molar-refractivity contribution in [1.29, 1.82) is 0 Å². The molecule has 0 spiro atoms. The molecular weight excluding hydrogens is 351 g/mol. The molecule has 0 bridgehead atoms. The number of hydrogen-bond acceptors (Lipinski definition) is 1. The van der Waals surface area contributed by atoms with Crippen LogP contribution in [0.5, 0.6) is 0 Å². The molecule has 0 aliphatic carbocycles. The first-order valence-electron chi connectivity index (χ1n) is 5.78. The topological polar surface area (TPSA) is 0 Å². The summed E-state index contributed by atoms with van der Waals surface area (Å²) in [6, 6.07) is 17.3. The van der Waals surface area contributed by atoms with Gasteiger partial charge in [0.15, 0.2) is 0 Å². The molecule has 0 radical (unpaired) electrons. The number of thioether (sulfide) groups is 1. The predicted molar refractivity (Wildman–Crippen MR) is 89.9 cm³/mol. The van der Waals surface area contributed by atoms with Crippen LogP contribution in [0.1, 0.15) is 18.1 Å². The zero-order valence-electron chi connectivity index (χ0n) is 10.3. The molecule has 0 fully saturated rings. The van der Waals surface area contributed by atoms with Crippen LogP contribution in [-0.2, 0) is 5.75 Å². The van der Waals surface area contributed by atoms with Crippen molar-refractivity contribution in [1.82, 2.24) is 0 Å². The highest BCUT2D eigenvalue weighted by molar-refractivity contribution is 14.1. The first-order valence-corrected chi connectivity index (χ1v) is 7.85. The third-order valence-corrected chi connectivity index (χ3v) is 4.47. The highest BCUT2D eigenvalue weighted by Gasteiger charge is 1.98. The Kier molecular flexibility index (Phi) is 4.89. The van der Waals surface area contributed by atoms with Crippen LogP contribution in [0.4, 0.5) is 0 Å². The lowest BCUT2D eigenvalue weighted by atomic mass is 10.1. The summed E-state index contributed by atoms with van der Waals surface area (Å²) in [5, 5.41) is 0. The van der Waals surface area contributed by atoms with Gasteiger partial charge in [-0.2, -0.15) is 0 Å². The number of allylic oxidation sites excluding steroid dienone is 1. The van der Waals surface area contributed by atoms with E-state index in [-0.39, 0.29) is 0 Å². The number of rotatable bonds is 4. The fraction of sp³-hybridized carbons (Fsp3) is 0.125. The molecule has 0 heterocycles. The predicted octanol–water partition coefficient (Wildman–Crippen LogP) is 5.62. The van der Waals surface area contributed by atoms with Crippen molar-refractivity contribution in [3.63, 3.8) is 0 Å². The van der Waals surface area contributed by atoms with E-state index in [0.29, 0.717) is 0 Å². The Morgan fingerprint density at radius 1 is 1.06 bits per heavy atom. The number of benzene rings is 2. The van der Waals surface area contributed by atoms with Crippen molar-refractivity contribution >= 4 is 39.9 Å². The molecular formula is C16H15IS. The molecule has 0 aliphatic heterocycles. The van der Waals surface area contributed by atoms with Gasteiger partial charge in [-0.1, -0.05) is 36.4 Å². The molecule has 2 rings (SSSR count). The third-order valence-electron chi connectivity index (χ3n) is 2.67. The Morgan fingerprint density at radius 3 is 2.22 bits per heavy atom. The van der Waals surface area contributed by atoms with Crippen LogP contribution >= 0.6 is 34.4 Å². The first kappa shape index (κ1) is 13.7. The van der Waals surface area contributed by atoms with Gasteiger partial charge < -0.3 is 0 Å². The molecule has 2 aromatic carbocycles. The zero-order valence-corrected chi connectivity index (χ0v) is 13.3. The van der Waals surface area contributed by atoms with Gasteiger partial charge in [-0.3, -0.25) is 0 Å². The molecule has 0 aromatic heterocycles.